The van der Waals surface area contributed by atoms with Crippen molar-refractivity contribution >= 4 is 40.6 Å². The van der Waals surface area contributed by atoms with E-state index in [1.165, 1.54) is 7.11 Å². The Morgan fingerprint density at radius 3 is 2.82 bits per heavy atom. The summed E-state index contributed by atoms with van der Waals surface area (Å²) in [6.07, 6.45) is 0. The van der Waals surface area contributed by atoms with E-state index >= 15 is 0 Å². The SMILES string of the molecule is COC(=O)c1cc(NC(=S)NCc2nc(-c3ccccc3C)no2)ccc1Cl. The second-order valence-corrected chi connectivity index (χ2v) is 6.64. The van der Waals surface area contributed by atoms with Crippen LogP contribution in [0.3, 0.4) is 0 Å². The molecule has 7 nitrogen and oxygen atoms in total. The van der Waals surface area contributed by atoms with Crippen LogP contribution in [0.4, 0.5) is 5.69 Å². The number of halogens is 1. The van der Waals surface area contributed by atoms with Gasteiger partial charge in [0.05, 0.1) is 24.2 Å². The minimum absolute atomic E-state index is 0.247. The van der Waals surface area contributed by atoms with E-state index in [-0.39, 0.29) is 12.1 Å². The molecule has 0 unspecified atom stereocenters. The van der Waals surface area contributed by atoms with Gasteiger partial charge < -0.3 is 19.9 Å². The molecule has 0 saturated heterocycles. The molecule has 28 heavy (non-hydrogen) atoms. The summed E-state index contributed by atoms with van der Waals surface area (Å²) in [5, 5.41) is 10.6. The van der Waals surface area contributed by atoms with Crippen LogP contribution in [0.15, 0.2) is 47.0 Å². The Kier molecular flexibility index (Phi) is 6.23. The highest BCUT2D eigenvalue weighted by Crippen LogP contribution is 2.22. The van der Waals surface area contributed by atoms with Crippen LogP contribution in [0.25, 0.3) is 11.4 Å². The highest BCUT2D eigenvalue weighted by molar-refractivity contribution is 7.80. The van der Waals surface area contributed by atoms with E-state index in [0.717, 1.165) is 11.1 Å². The zero-order valence-electron chi connectivity index (χ0n) is 15.2. The minimum atomic E-state index is -0.526. The number of carbonyl (C=O) groups excluding carboxylic acids is 1. The van der Waals surface area contributed by atoms with Gasteiger partial charge in [0.15, 0.2) is 5.11 Å². The van der Waals surface area contributed by atoms with Gasteiger partial charge >= 0.3 is 5.97 Å². The van der Waals surface area contributed by atoms with Gasteiger partial charge in [-0.15, -0.1) is 0 Å². The molecule has 3 rings (SSSR count). The molecule has 0 atom stereocenters. The van der Waals surface area contributed by atoms with Crippen molar-refractivity contribution in [2.24, 2.45) is 0 Å². The van der Waals surface area contributed by atoms with Crippen molar-refractivity contribution in [3.63, 3.8) is 0 Å². The van der Waals surface area contributed by atoms with Gasteiger partial charge in [-0.25, -0.2) is 4.79 Å². The molecule has 0 aliphatic rings. The lowest BCUT2D eigenvalue weighted by molar-refractivity contribution is 0.0601. The monoisotopic (exact) mass is 416 g/mol. The highest BCUT2D eigenvalue weighted by atomic mass is 35.5. The van der Waals surface area contributed by atoms with Gasteiger partial charge in [0.25, 0.3) is 0 Å². The first-order valence-electron chi connectivity index (χ1n) is 8.29. The van der Waals surface area contributed by atoms with E-state index in [1.807, 2.05) is 31.2 Å². The Hall–Kier alpha value is -2.97. The predicted molar refractivity (Wildman–Crippen MR) is 110 cm³/mol. The van der Waals surface area contributed by atoms with Crippen molar-refractivity contribution < 1.29 is 14.1 Å². The lowest BCUT2D eigenvalue weighted by Crippen LogP contribution is -2.28. The number of aryl methyl sites for hydroxylation is 1. The molecule has 1 aromatic heterocycles. The number of benzene rings is 2. The lowest BCUT2D eigenvalue weighted by atomic mass is 10.1. The van der Waals surface area contributed by atoms with Crippen LogP contribution in [0.5, 0.6) is 0 Å². The van der Waals surface area contributed by atoms with E-state index in [2.05, 4.69) is 20.8 Å². The molecule has 2 N–H and O–H groups in total. The summed E-state index contributed by atoms with van der Waals surface area (Å²) >= 11 is 11.3. The van der Waals surface area contributed by atoms with Crippen LogP contribution in [0.2, 0.25) is 5.02 Å². The predicted octanol–water partition coefficient (Wildman–Crippen LogP) is 3.97. The molecule has 0 aliphatic heterocycles. The number of hydrogen-bond donors (Lipinski definition) is 2. The first-order chi connectivity index (χ1) is 13.5. The van der Waals surface area contributed by atoms with Crippen LogP contribution in [0, 0.1) is 6.92 Å². The van der Waals surface area contributed by atoms with Gasteiger partial charge in [-0.05, 0) is 42.9 Å². The topological polar surface area (TPSA) is 89.3 Å². The normalized spacial score (nSPS) is 10.4. The quantitative estimate of drug-likeness (QED) is 0.477. The Bertz CT molecular complexity index is 1020. The molecular formula is C19H17ClN4O3S. The van der Waals surface area contributed by atoms with Gasteiger partial charge in [-0.1, -0.05) is 41.0 Å². The molecule has 0 saturated carbocycles. The number of esters is 1. The van der Waals surface area contributed by atoms with Gasteiger partial charge in [0.2, 0.25) is 11.7 Å². The fraction of sp³-hybridized carbons (Fsp3) is 0.158. The van der Waals surface area contributed by atoms with Gasteiger partial charge in [-0.3, -0.25) is 0 Å². The number of aromatic nitrogens is 2. The zero-order valence-corrected chi connectivity index (χ0v) is 16.7. The molecule has 9 heteroatoms. The van der Waals surface area contributed by atoms with Crippen molar-refractivity contribution in [3.05, 3.63) is 64.5 Å². The number of carbonyl (C=O) groups is 1. The fourth-order valence-electron chi connectivity index (χ4n) is 2.46. The van der Waals surface area contributed by atoms with Crippen LogP contribution in [-0.4, -0.2) is 28.3 Å². The average molecular weight is 417 g/mol. The van der Waals surface area contributed by atoms with E-state index in [9.17, 15) is 4.79 Å². The van der Waals surface area contributed by atoms with Gasteiger partial charge in [0.1, 0.15) is 0 Å². The Labute approximate surface area is 172 Å². The van der Waals surface area contributed by atoms with Crippen LogP contribution < -0.4 is 10.6 Å². The smallest absolute Gasteiger partial charge is 0.339 e. The summed E-state index contributed by atoms with van der Waals surface area (Å²) in [6.45, 7) is 2.24. The van der Waals surface area contributed by atoms with Crippen molar-refractivity contribution in [3.8, 4) is 11.4 Å². The maximum absolute atomic E-state index is 11.7. The summed E-state index contributed by atoms with van der Waals surface area (Å²) in [5.41, 5.74) is 2.81. The van der Waals surface area contributed by atoms with Crippen LogP contribution in [-0.2, 0) is 11.3 Å². The fourth-order valence-corrected chi connectivity index (χ4v) is 2.85. The third-order valence-corrected chi connectivity index (χ3v) is 4.46. The summed E-state index contributed by atoms with van der Waals surface area (Å²) in [5.74, 6) is 0.394. The number of thiocarbonyl (C=S) groups is 1. The molecule has 3 aromatic rings. The maximum atomic E-state index is 11.7. The number of nitrogens with one attached hydrogen (secondary N) is 2. The Balaban J connectivity index is 1.61. The van der Waals surface area contributed by atoms with Crippen molar-refractivity contribution in [2.45, 2.75) is 13.5 Å². The Morgan fingerprint density at radius 2 is 2.07 bits per heavy atom. The molecule has 0 bridgehead atoms. The molecule has 2 aromatic carbocycles. The number of nitrogens with zero attached hydrogens (tertiary/aromatic N) is 2. The van der Waals surface area contributed by atoms with Gasteiger partial charge in [0, 0.05) is 11.3 Å². The Morgan fingerprint density at radius 1 is 1.29 bits per heavy atom. The molecular weight excluding hydrogens is 400 g/mol. The van der Waals surface area contributed by atoms with E-state index in [1.54, 1.807) is 18.2 Å². The molecule has 0 aliphatic carbocycles. The minimum Gasteiger partial charge on any atom is -0.465 e. The van der Waals surface area contributed by atoms with Crippen molar-refractivity contribution in [1.29, 1.82) is 0 Å². The number of anilines is 1. The van der Waals surface area contributed by atoms with Crippen LogP contribution in [0.1, 0.15) is 21.8 Å². The first kappa shape index (κ1) is 19.8. The molecule has 0 amide bonds. The van der Waals surface area contributed by atoms with E-state index in [0.29, 0.717) is 27.5 Å². The molecule has 0 radical (unpaired) electrons. The molecule has 144 valence electrons. The maximum Gasteiger partial charge on any atom is 0.339 e. The van der Waals surface area contributed by atoms with E-state index < -0.39 is 5.97 Å². The third kappa shape index (κ3) is 4.65. The molecule has 0 spiro atoms. The average Bonchev–Trinajstić information content (AvgIpc) is 3.16. The third-order valence-electron chi connectivity index (χ3n) is 3.88. The van der Waals surface area contributed by atoms with Crippen LogP contribution >= 0.6 is 23.8 Å². The number of hydrogen-bond acceptors (Lipinski definition) is 6. The number of rotatable bonds is 5. The van der Waals surface area contributed by atoms with Gasteiger partial charge in [-0.2, -0.15) is 4.98 Å². The molecule has 0 fully saturated rings. The summed E-state index contributed by atoms with van der Waals surface area (Å²) < 4.78 is 9.97. The number of methoxy groups -OCH3 is 1. The highest BCUT2D eigenvalue weighted by Gasteiger charge is 2.13. The summed E-state index contributed by atoms with van der Waals surface area (Å²) in [7, 11) is 1.29. The first-order valence-corrected chi connectivity index (χ1v) is 9.08. The largest absolute Gasteiger partial charge is 0.465 e. The standard InChI is InChI=1S/C19H17ClN4O3S/c1-11-5-3-4-6-13(11)17-23-16(27-24-17)10-21-19(28)22-12-7-8-15(20)14(9-12)18(25)26-2/h3-9H,10H2,1-2H3,(H2,21,22,28). The zero-order chi connectivity index (χ0) is 20.1. The summed E-state index contributed by atoms with van der Waals surface area (Å²) in [6, 6.07) is 12.6. The van der Waals surface area contributed by atoms with Crippen molar-refractivity contribution in [1.82, 2.24) is 15.5 Å². The second-order valence-electron chi connectivity index (χ2n) is 5.82. The summed E-state index contributed by atoms with van der Waals surface area (Å²) in [4.78, 5) is 16.1. The number of ether oxygens (including phenoxy) is 1. The lowest BCUT2D eigenvalue weighted by Gasteiger charge is -2.10. The van der Waals surface area contributed by atoms with Crippen molar-refractivity contribution in [2.75, 3.05) is 12.4 Å². The van der Waals surface area contributed by atoms with E-state index in [4.69, 9.17) is 33.1 Å². The molecule has 1 heterocycles. The second kappa shape index (κ2) is 8.81.